The maximum absolute atomic E-state index is 11.3. The molecule has 1 aliphatic rings. The number of aliphatic hydroxyl groups excluding tert-OH is 1. The number of primary amides is 1. The number of hydrogen-bond acceptors (Lipinski definition) is 3. The van der Waals surface area contributed by atoms with Crippen LogP contribution in [0.5, 0.6) is 0 Å². The number of benzene rings is 1. The number of aliphatic hydroxyl groups is 1. The molecule has 0 atom stereocenters. The minimum atomic E-state index is -0.291. The van der Waals surface area contributed by atoms with Crippen molar-refractivity contribution in [2.24, 2.45) is 5.73 Å². The second kappa shape index (κ2) is 7.82. The van der Waals surface area contributed by atoms with Gasteiger partial charge in [-0.3, -0.25) is 9.69 Å². The van der Waals surface area contributed by atoms with Gasteiger partial charge in [0.2, 0.25) is 5.91 Å². The van der Waals surface area contributed by atoms with E-state index in [4.69, 9.17) is 10.8 Å². The number of nitrogens with zero attached hydrogens (tertiary/aromatic N) is 1. The number of amides is 1. The third-order valence-corrected chi connectivity index (χ3v) is 3.89. The highest BCUT2D eigenvalue weighted by Crippen LogP contribution is 2.25. The molecule has 1 saturated carbocycles. The van der Waals surface area contributed by atoms with Crippen molar-refractivity contribution in [1.29, 1.82) is 0 Å². The Morgan fingerprint density at radius 1 is 1.33 bits per heavy atom. The number of hydrogen-bond donors (Lipinski definition) is 2. The van der Waals surface area contributed by atoms with Crippen molar-refractivity contribution in [3.63, 3.8) is 0 Å². The van der Waals surface area contributed by atoms with E-state index in [0.29, 0.717) is 12.6 Å². The molecule has 0 unspecified atom stereocenters. The Morgan fingerprint density at radius 3 is 2.71 bits per heavy atom. The third-order valence-electron chi connectivity index (χ3n) is 3.89. The molecule has 0 spiro atoms. The zero-order chi connectivity index (χ0) is 15.1. The summed E-state index contributed by atoms with van der Waals surface area (Å²) in [6.07, 6.45) is 4.67. The van der Waals surface area contributed by atoms with E-state index in [0.717, 1.165) is 24.0 Å². The number of rotatable bonds is 5. The summed E-state index contributed by atoms with van der Waals surface area (Å²) in [6, 6.07) is 8.28. The molecule has 0 aromatic heterocycles. The minimum Gasteiger partial charge on any atom is -0.384 e. The van der Waals surface area contributed by atoms with Crippen LogP contribution < -0.4 is 5.73 Å². The summed E-state index contributed by atoms with van der Waals surface area (Å²) in [5.74, 6) is 5.36. The van der Waals surface area contributed by atoms with E-state index in [-0.39, 0.29) is 19.1 Å². The molecule has 112 valence electrons. The first kappa shape index (κ1) is 15.6. The Hall–Kier alpha value is -1.83. The Kier molecular flexibility index (Phi) is 5.79. The lowest BCUT2D eigenvalue weighted by atomic mass is 10.1. The fourth-order valence-corrected chi connectivity index (χ4v) is 2.92. The van der Waals surface area contributed by atoms with Gasteiger partial charge in [0.15, 0.2) is 0 Å². The van der Waals surface area contributed by atoms with Crippen LogP contribution in [0.1, 0.15) is 36.8 Å². The molecule has 21 heavy (non-hydrogen) atoms. The molecule has 0 radical (unpaired) electrons. The third kappa shape index (κ3) is 4.59. The lowest BCUT2D eigenvalue weighted by Gasteiger charge is -2.28. The Bertz CT molecular complexity index is 539. The van der Waals surface area contributed by atoms with Crippen LogP contribution in [0.3, 0.4) is 0 Å². The summed E-state index contributed by atoms with van der Waals surface area (Å²) >= 11 is 0. The summed E-state index contributed by atoms with van der Waals surface area (Å²) in [7, 11) is 0. The van der Waals surface area contributed by atoms with Crippen LogP contribution in [-0.4, -0.2) is 35.1 Å². The van der Waals surface area contributed by atoms with Gasteiger partial charge in [-0.2, -0.15) is 0 Å². The SMILES string of the molecule is NC(=O)CN(Cc1ccccc1C#CCO)C1CCCC1. The maximum Gasteiger partial charge on any atom is 0.231 e. The van der Waals surface area contributed by atoms with Crippen LogP contribution in [0.15, 0.2) is 24.3 Å². The highest BCUT2D eigenvalue weighted by Gasteiger charge is 2.24. The van der Waals surface area contributed by atoms with Crippen LogP contribution in [0.4, 0.5) is 0 Å². The van der Waals surface area contributed by atoms with Gasteiger partial charge in [0.1, 0.15) is 6.61 Å². The lowest BCUT2D eigenvalue weighted by Crippen LogP contribution is -2.39. The molecule has 1 aromatic carbocycles. The van der Waals surface area contributed by atoms with Crippen molar-refractivity contribution in [3.05, 3.63) is 35.4 Å². The van der Waals surface area contributed by atoms with Crippen LogP contribution in [0.2, 0.25) is 0 Å². The smallest absolute Gasteiger partial charge is 0.231 e. The molecule has 4 nitrogen and oxygen atoms in total. The molecular weight excluding hydrogens is 264 g/mol. The standard InChI is InChI=1S/C17H22N2O2/c18-17(21)13-19(16-9-3-4-10-16)12-15-7-2-1-6-14(15)8-5-11-20/h1-2,6-7,16,20H,3-4,9-13H2,(H2,18,21). The number of carbonyl (C=O) groups excluding carboxylic acids is 1. The van der Waals surface area contributed by atoms with E-state index < -0.39 is 0 Å². The quantitative estimate of drug-likeness (QED) is 0.801. The molecule has 1 aromatic rings. The molecule has 1 fully saturated rings. The average molecular weight is 286 g/mol. The molecule has 0 saturated heterocycles. The van der Waals surface area contributed by atoms with Gasteiger partial charge in [0.05, 0.1) is 6.54 Å². The van der Waals surface area contributed by atoms with Gasteiger partial charge in [-0.25, -0.2) is 0 Å². The molecule has 3 N–H and O–H groups in total. The summed E-state index contributed by atoms with van der Waals surface area (Å²) in [4.78, 5) is 13.5. The second-order valence-corrected chi connectivity index (χ2v) is 5.43. The topological polar surface area (TPSA) is 66.6 Å². The minimum absolute atomic E-state index is 0.151. The van der Waals surface area contributed by atoms with Gasteiger partial charge in [-0.05, 0) is 24.5 Å². The molecule has 2 rings (SSSR count). The highest BCUT2D eigenvalue weighted by atomic mass is 16.2. The first-order valence-corrected chi connectivity index (χ1v) is 7.40. The zero-order valence-corrected chi connectivity index (χ0v) is 12.2. The monoisotopic (exact) mass is 286 g/mol. The van der Waals surface area contributed by atoms with Crippen molar-refractivity contribution in [2.75, 3.05) is 13.2 Å². The Balaban J connectivity index is 2.17. The second-order valence-electron chi connectivity index (χ2n) is 5.43. The Labute approximate surface area is 125 Å². The van der Waals surface area contributed by atoms with Crippen LogP contribution in [-0.2, 0) is 11.3 Å². The number of carbonyl (C=O) groups is 1. The molecule has 0 bridgehead atoms. The Morgan fingerprint density at radius 2 is 2.05 bits per heavy atom. The van der Waals surface area contributed by atoms with E-state index in [1.165, 1.54) is 12.8 Å². The van der Waals surface area contributed by atoms with Gasteiger partial charge in [-0.15, -0.1) is 0 Å². The van der Waals surface area contributed by atoms with Gasteiger partial charge in [-0.1, -0.05) is 42.9 Å². The van der Waals surface area contributed by atoms with E-state index in [1.54, 1.807) is 0 Å². The number of nitrogens with two attached hydrogens (primary N) is 1. The van der Waals surface area contributed by atoms with E-state index in [2.05, 4.69) is 16.7 Å². The summed E-state index contributed by atoms with van der Waals surface area (Å²) in [5, 5.41) is 8.85. The fraction of sp³-hybridized carbons (Fsp3) is 0.471. The zero-order valence-electron chi connectivity index (χ0n) is 12.2. The van der Waals surface area contributed by atoms with Gasteiger partial charge < -0.3 is 10.8 Å². The molecule has 4 heteroatoms. The van der Waals surface area contributed by atoms with E-state index in [9.17, 15) is 4.79 Å². The molecule has 0 aliphatic heterocycles. The molecule has 1 aliphatic carbocycles. The van der Waals surface area contributed by atoms with Crippen LogP contribution in [0.25, 0.3) is 0 Å². The summed E-state index contributed by atoms with van der Waals surface area (Å²) in [5.41, 5.74) is 7.37. The van der Waals surface area contributed by atoms with E-state index in [1.807, 2.05) is 24.3 Å². The van der Waals surface area contributed by atoms with Crippen LogP contribution >= 0.6 is 0 Å². The normalized spacial score (nSPS) is 15.0. The highest BCUT2D eigenvalue weighted by molar-refractivity contribution is 5.76. The van der Waals surface area contributed by atoms with E-state index >= 15 is 0 Å². The van der Waals surface area contributed by atoms with Gasteiger partial charge in [0.25, 0.3) is 0 Å². The predicted octanol–water partition coefficient (Wildman–Crippen LogP) is 1.26. The first-order chi connectivity index (χ1) is 10.2. The van der Waals surface area contributed by atoms with Crippen molar-refractivity contribution >= 4 is 5.91 Å². The lowest BCUT2D eigenvalue weighted by molar-refractivity contribution is -0.119. The summed E-state index contributed by atoms with van der Waals surface area (Å²) in [6.45, 7) is 0.804. The molecule has 1 amide bonds. The first-order valence-electron chi connectivity index (χ1n) is 7.40. The van der Waals surface area contributed by atoms with Crippen LogP contribution in [0, 0.1) is 11.8 Å². The van der Waals surface area contributed by atoms with Gasteiger partial charge >= 0.3 is 0 Å². The van der Waals surface area contributed by atoms with Gasteiger partial charge in [0, 0.05) is 18.2 Å². The van der Waals surface area contributed by atoms with Crippen molar-refractivity contribution in [1.82, 2.24) is 4.90 Å². The summed E-state index contributed by atoms with van der Waals surface area (Å²) < 4.78 is 0. The van der Waals surface area contributed by atoms with Crippen molar-refractivity contribution in [2.45, 2.75) is 38.3 Å². The van der Waals surface area contributed by atoms with Crippen molar-refractivity contribution < 1.29 is 9.90 Å². The van der Waals surface area contributed by atoms with Crippen molar-refractivity contribution in [3.8, 4) is 11.8 Å². The predicted molar refractivity (Wildman–Crippen MR) is 82.3 cm³/mol. The fourth-order valence-electron chi connectivity index (χ4n) is 2.92. The molecule has 0 heterocycles. The average Bonchev–Trinajstić information content (AvgIpc) is 2.99. The molecular formula is C17H22N2O2. The largest absolute Gasteiger partial charge is 0.384 e. The maximum atomic E-state index is 11.3.